The fourth-order valence-electron chi connectivity index (χ4n) is 3.80. The van der Waals surface area contributed by atoms with Gasteiger partial charge in [-0.05, 0) is 44.5 Å². The number of phenols is 2. The van der Waals surface area contributed by atoms with E-state index < -0.39 is 0 Å². The van der Waals surface area contributed by atoms with Crippen molar-refractivity contribution in [3.05, 3.63) is 83.7 Å². The van der Waals surface area contributed by atoms with Crippen molar-refractivity contribution in [2.45, 2.75) is 46.6 Å². The Balaban J connectivity index is 1.70. The number of phenolic OH excluding ortho intramolecular Hbond substituents is 2. The monoisotopic (exact) mass is 483 g/mol. The summed E-state index contributed by atoms with van der Waals surface area (Å²) >= 11 is 0. The molecule has 0 aliphatic heterocycles. The minimum absolute atomic E-state index is 0.130. The van der Waals surface area contributed by atoms with Crippen molar-refractivity contribution in [3.8, 4) is 11.5 Å². The van der Waals surface area contributed by atoms with E-state index in [1.807, 2.05) is 18.3 Å². The molecular formula is C27H29N7O2. The molecule has 0 saturated carbocycles. The lowest BCUT2D eigenvalue weighted by molar-refractivity contribution is 0.473. The third-order valence-electron chi connectivity index (χ3n) is 5.63. The molecule has 0 amide bonds. The van der Waals surface area contributed by atoms with E-state index in [0.29, 0.717) is 41.3 Å². The lowest BCUT2D eigenvalue weighted by Gasteiger charge is -2.08. The van der Waals surface area contributed by atoms with Crippen LogP contribution in [0.1, 0.15) is 50.0 Å². The fourth-order valence-corrected chi connectivity index (χ4v) is 3.80. The fraction of sp³-hybridized carbons (Fsp3) is 0.259. The third-order valence-corrected chi connectivity index (χ3v) is 5.63. The van der Waals surface area contributed by atoms with Crippen LogP contribution in [-0.4, -0.2) is 46.1 Å². The minimum Gasteiger partial charge on any atom is -0.507 e. The summed E-state index contributed by atoms with van der Waals surface area (Å²) in [5, 5.41) is 20.4. The Labute approximate surface area is 210 Å². The minimum atomic E-state index is 0.130. The lowest BCUT2D eigenvalue weighted by Crippen LogP contribution is -2.08. The topological polar surface area (TPSA) is 122 Å². The summed E-state index contributed by atoms with van der Waals surface area (Å²) in [4.78, 5) is 27.1. The quantitative estimate of drug-likeness (QED) is 0.325. The zero-order valence-corrected chi connectivity index (χ0v) is 20.6. The Morgan fingerprint density at radius 1 is 0.806 bits per heavy atom. The van der Waals surface area contributed by atoms with Crippen LogP contribution in [0.4, 0.5) is 11.9 Å². The van der Waals surface area contributed by atoms with Gasteiger partial charge in [0.15, 0.2) is 0 Å². The zero-order chi connectivity index (χ0) is 25.5. The van der Waals surface area contributed by atoms with Crippen LogP contribution in [0.15, 0.2) is 70.9 Å². The molecule has 0 bridgehead atoms. The number of hydrogen-bond donors (Lipinski definition) is 2. The Morgan fingerprint density at radius 2 is 1.36 bits per heavy atom. The Bertz CT molecular complexity index is 1330. The van der Waals surface area contributed by atoms with Gasteiger partial charge in [0.1, 0.15) is 23.1 Å². The molecule has 2 aromatic carbocycles. The molecule has 0 fully saturated rings. The van der Waals surface area contributed by atoms with Crippen LogP contribution in [-0.2, 0) is 19.4 Å². The number of benzene rings is 2. The van der Waals surface area contributed by atoms with Gasteiger partial charge in [0.2, 0.25) is 0 Å². The average molecular weight is 484 g/mol. The molecule has 0 unspecified atom stereocenters. The molecule has 4 aromatic rings. The molecule has 2 aromatic heterocycles. The highest BCUT2D eigenvalue weighted by atomic mass is 16.3. The van der Waals surface area contributed by atoms with Gasteiger partial charge in [-0.25, -0.2) is 15.0 Å². The van der Waals surface area contributed by atoms with Gasteiger partial charge in [0.25, 0.3) is 11.9 Å². The molecule has 36 heavy (non-hydrogen) atoms. The van der Waals surface area contributed by atoms with Gasteiger partial charge in [0.05, 0.1) is 11.4 Å². The van der Waals surface area contributed by atoms with Gasteiger partial charge in [-0.15, -0.1) is 0 Å². The molecule has 4 rings (SSSR count). The van der Waals surface area contributed by atoms with Crippen molar-refractivity contribution in [1.82, 2.24) is 24.5 Å². The van der Waals surface area contributed by atoms with Crippen molar-refractivity contribution in [3.63, 3.8) is 0 Å². The highest BCUT2D eigenvalue weighted by molar-refractivity contribution is 6.02. The van der Waals surface area contributed by atoms with Gasteiger partial charge in [-0.1, -0.05) is 31.2 Å². The Kier molecular flexibility index (Phi) is 7.79. The van der Waals surface area contributed by atoms with E-state index in [1.165, 1.54) is 0 Å². The molecular weight excluding hydrogens is 454 g/mol. The van der Waals surface area contributed by atoms with Gasteiger partial charge < -0.3 is 14.8 Å². The number of aromatic nitrogens is 5. The van der Waals surface area contributed by atoms with E-state index >= 15 is 0 Å². The third kappa shape index (κ3) is 5.99. The first-order valence-corrected chi connectivity index (χ1v) is 11.9. The van der Waals surface area contributed by atoms with Crippen molar-refractivity contribution in [2.75, 3.05) is 0 Å². The highest BCUT2D eigenvalue weighted by Gasteiger charge is 2.11. The van der Waals surface area contributed by atoms with Crippen LogP contribution in [0.2, 0.25) is 0 Å². The van der Waals surface area contributed by atoms with Crippen molar-refractivity contribution in [1.29, 1.82) is 0 Å². The molecule has 9 heteroatoms. The number of aliphatic imine (C=N–C) groups is 2. The van der Waals surface area contributed by atoms with Crippen molar-refractivity contribution in [2.24, 2.45) is 9.98 Å². The van der Waals surface area contributed by atoms with Crippen LogP contribution in [0.25, 0.3) is 0 Å². The second kappa shape index (κ2) is 11.4. The normalized spacial score (nSPS) is 12.2. The maximum absolute atomic E-state index is 10.2. The first-order chi connectivity index (χ1) is 17.4. The molecule has 0 saturated heterocycles. The van der Waals surface area contributed by atoms with Crippen LogP contribution >= 0.6 is 0 Å². The molecule has 0 aliphatic rings. The van der Waals surface area contributed by atoms with Crippen LogP contribution in [0.3, 0.4) is 0 Å². The molecule has 184 valence electrons. The smallest absolute Gasteiger partial charge is 0.254 e. The predicted octanol–water partition coefficient (Wildman–Crippen LogP) is 4.96. The first-order valence-electron chi connectivity index (χ1n) is 11.9. The molecule has 0 radical (unpaired) electrons. The van der Waals surface area contributed by atoms with E-state index in [1.54, 1.807) is 56.4 Å². The number of aryl methyl sites for hydroxylation is 3. The second-order valence-corrected chi connectivity index (χ2v) is 8.32. The Hall–Kier alpha value is -4.40. The van der Waals surface area contributed by atoms with Crippen LogP contribution in [0.5, 0.6) is 11.5 Å². The number of nitrogens with zero attached hydrogens (tertiary/aromatic N) is 7. The summed E-state index contributed by atoms with van der Waals surface area (Å²) in [6.07, 6.45) is 6.20. The average Bonchev–Trinajstić information content (AvgIpc) is 3.30. The Morgan fingerprint density at radius 3 is 1.89 bits per heavy atom. The van der Waals surface area contributed by atoms with E-state index in [4.69, 9.17) is 0 Å². The standard InChI is InChI=1S/C27H29N7O2/c1-4-9-25-28-15-17-34(25)16-14-24-31-26(29-18(2)20-10-5-7-12-22(20)35)33-27(32-24)30-19(3)21-11-6-8-13-23(21)36/h5-8,10-13,15,17,35-36H,4,9,14,16H2,1-3H3. The highest BCUT2D eigenvalue weighted by Crippen LogP contribution is 2.22. The molecule has 0 spiro atoms. The SMILES string of the molecule is CCCc1nccn1CCc1nc(N=C(C)c2ccccc2O)nc(N=C(C)c2ccccc2O)n1. The molecule has 2 heterocycles. The summed E-state index contributed by atoms with van der Waals surface area (Å²) < 4.78 is 2.10. The number of imidazole rings is 1. The van der Waals surface area contributed by atoms with Gasteiger partial charge in [0, 0.05) is 42.9 Å². The molecule has 0 atom stereocenters. The van der Waals surface area contributed by atoms with E-state index in [-0.39, 0.29) is 23.4 Å². The lowest BCUT2D eigenvalue weighted by atomic mass is 10.1. The summed E-state index contributed by atoms with van der Waals surface area (Å²) in [5.41, 5.74) is 2.32. The summed E-state index contributed by atoms with van der Waals surface area (Å²) in [5.74, 6) is 2.21. The molecule has 9 nitrogen and oxygen atoms in total. The van der Waals surface area contributed by atoms with Crippen LogP contribution in [0, 0.1) is 0 Å². The summed E-state index contributed by atoms with van der Waals surface area (Å²) in [6.45, 7) is 6.36. The van der Waals surface area contributed by atoms with E-state index in [9.17, 15) is 10.2 Å². The van der Waals surface area contributed by atoms with Crippen molar-refractivity contribution < 1.29 is 10.2 Å². The van der Waals surface area contributed by atoms with Gasteiger partial charge in [-0.3, -0.25) is 0 Å². The number of rotatable bonds is 9. The maximum Gasteiger partial charge on any atom is 0.254 e. The van der Waals surface area contributed by atoms with Gasteiger partial charge in [-0.2, -0.15) is 15.0 Å². The van der Waals surface area contributed by atoms with Crippen molar-refractivity contribution >= 4 is 23.3 Å². The number of hydrogen-bond acceptors (Lipinski definition) is 8. The molecule has 0 aliphatic carbocycles. The number of para-hydroxylation sites is 2. The largest absolute Gasteiger partial charge is 0.507 e. The van der Waals surface area contributed by atoms with Gasteiger partial charge >= 0.3 is 0 Å². The summed E-state index contributed by atoms with van der Waals surface area (Å²) in [7, 11) is 0. The number of aromatic hydroxyl groups is 2. The maximum atomic E-state index is 10.2. The first kappa shape index (κ1) is 24.7. The van der Waals surface area contributed by atoms with Crippen LogP contribution < -0.4 is 0 Å². The second-order valence-electron chi connectivity index (χ2n) is 8.32. The van der Waals surface area contributed by atoms with E-state index in [0.717, 1.165) is 18.7 Å². The predicted molar refractivity (Wildman–Crippen MR) is 140 cm³/mol. The van der Waals surface area contributed by atoms with E-state index in [2.05, 4.69) is 41.4 Å². The zero-order valence-electron chi connectivity index (χ0n) is 20.6. The molecule has 2 N–H and O–H groups in total. The summed E-state index contributed by atoms with van der Waals surface area (Å²) in [6, 6.07) is 14.0.